The smallest absolute Gasteiger partial charge is 0.193 e. The summed E-state index contributed by atoms with van der Waals surface area (Å²) in [6, 6.07) is 21.2. The zero-order chi connectivity index (χ0) is 25.6. The highest BCUT2D eigenvalue weighted by Crippen LogP contribution is 2.49. The van der Waals surface area contributed by atoms with E-state index in [1.54, 1.807) is 23.5 Å². The first kappa shape index (κ1) is 26.2. The van der Waals surface area contributed by atoms with Gasteiger partial charge >= 0.3 is 0 Å². The molecule has 1 aliphatic heterocycles. The number of carbonyl (C=O) groups excluding carboxylic acids is 2. The topological polar surface area (TPSA) is 43.4 Å². The Balaban J connectivity index is 1.59. The molecule has 0 atom stereocenters. The Morgan fingerprint density at radius 2 is 1.20 bits per heavy atom. The van der Waals surface area contributed by atoms with Gasteiger partial charge in [-0.3, -0.25) is 9.59 Å². The zero-order valence-electron chi connectivity index (χ0n) is 21.4. The van der Waals surface area contributed by atoms with Crippen molar-refractivity contribution in [1.29, 1.82) is 0 Å². The number of hydrogen-bond donors (Lipinski definition) is 0. The first-order valence-corrected chi connectivity index (χ1v) is 20.8. The van der Waals surface area contributed by atoms with E-state index < -0.39 is 21.0 Å². The molecule has 3 aromatic carbocycles. The molecule has 0 fully saturated rings. The summed E-state index contributed by atoms with van der Waals surface area (Å²) in [6.07, 6.45) is 0. The number of hydrogen-bond acceptors (Lipinski definition) is 5. The summed E-state index contributed by atoms with van der Waals surface area (Å²) in [5.41, 5.74) is 1.15. The van der Waals surface area contributed by atoms with E-state index in [9.17, 15) is 9.59 Å². The molecule has 0 saturated carbocycles. The quantitative estimate of drug-likeness (QED) is 0.176. The average Bonchev–Trinajstić information content (AvgIpc) is 2.80. The predicted molar refractivity (Wildman–Crippen MR) is 151 cm³/mol. The SMILES string of the molecule is CC(C)(O[Si](C)(C)[Si](C)(C)C)C(=O)c1ccc2c(c1)Sc1cc(C(=O)c3ccccc3)ccc1S2. The molecule has 1 aliphatic rings. The van der Waals surface area contributed by atoms with Gasteiger partial charge in [0.2, 0.25) is 0 Å². The maximum Gasteiger partial charge on any atom is 0.193 e. The van der Waals surface area contributed by atoms with E-state index >= 15 is 0 Å². The summed E-state index contributed by atoms with van der Waals surface area (Å²) in [5.74, 6) is 0.0327. The van der Waals surface area contributed by atoms with Crippen molar-refractivity contribution < 1.29 is 14.0 Å². The van der Waals surface area contributed by atoms with E-state index in [1.165, 1.54) is 0 Å². The fraction of sp³-hybridized carbons (Fsp3) is 0.286. The Kier molecular flexibility index (Phi) is 7.12. The number of fused-ring (bicyclic) bond motifs is 2. The molecule has 0 spiro atoms. The molecule has 0 radical (unpaired) electrons. The van der Waals surface area contributed by atoms with Gasteiger partial charge in [-0.2, -0.15) is 0 Å². The zero-order valence-corrected chi connectivity index (χ0v) is 25.0. The van der Waals surface area contributed by atoms with Crippen LogP contribution in [0.3, 0.4) is 0 Å². The van der Waals surface area contributed by atoms with Crippen LogP contribution in [0.4, 0.5) is 0 Å². The molecule has 0 unspecified atom stereocenters. The summed E-state index contributed by atoms with van der Waals surface area (Å²) < 4.78 is 6.59. The molecule has 0 aromatic heterocycles. The van der Waals surface area contributed by atoms with Crippen LogP contribution in [-0.4, -0.2) is 32.6 Å². The molecule has 1 heterocycles. The standard InChI is InChI=1S/C28H32O3S2Si2/c1-28(2,31-35(6,7)34(3,4)5)27(30)21-14-16-23-25(18-21)33-24-17-20(13-15-22(24)32-23)26(29)19-11-9-8-10-12-19/h8-18H,1-7H3. The van der Waals surface area contributed by atoms with Crippen molar-refractivity contribution in [2.45, 2.75) is 71.8 Å². The third-order valence-corrected chi connectivity index (χ3v) is 25.1. The van der Waals surface area contributed by atoms with Crippen molar-refractivity contribution in [1.82, 2.24) is 0 Å². The summed E-state index contributed by atoms with van der Waals surface area (Å²) in [7, 11) is -3.49. The normalized spacial score (nSPS) is 13.7. The van der Waals surface area contributed by atoms with Crippen LogP contribution in [0.2, 0.25) is 32.7 Å². The van der Waals surface area contributed by atoms with Gasteiger partial charge in [0, 0.05) is 36.3 Å². The van der Waals surface area contributed by atoms with Gasteiger partial charge in [0.15, 0.2) is 19.4 Å². The van der Waals surface area contributed by atoms with Gasteiger partial charge in [-0.1, -0.05) is 79.6 Å². The summed E-state index contributed by atoms with van der Waals surface area (Å²) >= 11 is 3.30. The number of benzene rings is 3. The minimum absolute atomic E-state index is 0.0156. The van der Waals surface area contributed by atoms with Crippen molar-refractivity contribution in [3.05, 3.63) is 83.4 Å². The van der Waals surface area contributed by atoms with Crippen LogP contribution in [0.25, 0.3) is 0 Å². The van der Waals surface area contributed by atoms with Crippen LogP contribution in [-0.2, 0) is 4.43 Å². The monoisotopic (exact) mass is 536 g/mol. The van der Waals surface area contributed by atoms with Gasteiger partial charge in [0.1, 0.15) is 5.60 Å². The maximum atomic E-state index is 13.6. The van der Waals surface area contributed by atoms with Crippen molar-refractivity contribution in [2.75, 3.05) is 0 Å². The van der Waals surface area contributed by atoms with E-state index in [4.69, 9.17) is 4.43 Å². The molecule has 35 heavy (non-hydrogen) atoms. The van der Waals surface area contributed by atoms with E-state index in [0.717, 1.165) is 19.6 Å². The molecule has 0 saturated heterocycles. The lowest BCUT2D eigenvalue weighted by Gasteiger charge is -2.41. The van der Waals surface area contributed by atoms with Crippen molar-refractivity contribution in [3.8, 4) is 0 Å². The predicted octanol–water partition coefficient (Wildman–Crippen LogP) is 8.13. The molecule has 0 aliphatic carbocycles. The van der Waals surface area contributed by atoms with Gasteiger partial charge in [-0.25, -0.2) is 0 Å². The van der Waals surface area contributed by atoms with Crippen LogP contribution < -0.4 is 0 Å². The second kappa shape index (κ2) is 9.52. The van der Waals surface area contributed by atoms with Crippen LogP contribution in [0.15, 0.2) is 86.3 Å². The molecule has 182 valence electrons. The molecule has 3 nitrogen and oxygen atoms in total. The van der Waals surface area contributed by atoms with Gasteiger partial charge < -0.3 is 4.43 Å². The minimum Gasteiger partial charge on any atom is -0.408 e. The van der Waals surface area contributed by atoms with E-state index in [2.05, 4.69) is 32.7 Å². The molecule has 7 heteroatoms. The van der Waals surface area contributed by atoms with Crippen LogP contribution in [0.5, 0.6) is 0 Å². The lowest BCUT2D eigenvalue weighted by molar-refractivity contribution is 0.0568. The van der Waals surface area contributed by atoms with E-state index in [-0.39, 0.29) is 11.6 Å². The van der Waals surface area contributed by atoms with Gasteiger partial charge in [0.25, 0.3) is 0 Å². The second-order valence-electron chi connectivity index (χ2n) is 10.9. The molecular formula is C28H32O3S2Si2. The highest BCUT2D eigenvalue weighted by molar-refractivity contribution is 8.05. The van der Waals surface area contributed by atoms with Gasteiger partial charge in [-0.15, -0.1) is 0 Å². The average molecular weight is 537 g/mol. The maximum absolute atomic E-state index is 13.6. The first-order chi connectivity index (χ1) is 16.3. The Morgan fingerprint density at radius 1 is 0.686 bits per heavy atom. The lowest BCUT2D eigenvalue weighted by atomic mass is 9.97. The lowest BCUT2D eigenvalue weighted by Crippen LogP contribution is -2.59. The Morgan fingerprint density at radius 3 is 1.77 bits per heavy atom. The number of carbonyl (C=O) groups is 2. The fourth-order valence-electron chi connectivity index (χ4n) is 3.80. The fourth-order valence-corrected chi connectivity index (χ4v) is 9.44. The molecule has 0 bridgehead atoms. The summed E-state index contributed by atoms with van der Waals surface area (Å²) in [6.45, 7) is 15.2. The molecular weight excluding hydrogens is 505 g/mol. The Labute approximate surface area is 219 Å². The van der Waals surface area contributed by atoms with Crippen molar-refractivity contribution >= 4 is 50.5 Å². The van der Waals surface area contributed by atoms with Crippen LogP contribution in [0, 0.1) is 0 Å². The summed E-state index contributed by atoms with van der Waals surface area (Å²) in [4.78, 5) is 30.8. The van der Waals surface area contributed by atoms with Crippen molar-refractivity contribution in [3.63, 3.8) is 0 Å². The first-order valence-electron chi connectivity index (χ1n) is 11.8. The third kappa shape index (κ3) is 5.44. The van der Waals surface area contributed by atoms with Crippen LogP contribution in [0.1, 0.15) is 40.1 Å². The molecule has 3 aromatic rings. The largest absolute Gasteiger partial charge is 0.408 e. The van der Waals surface area contributed by atoms with E-state index in [0.29, 0.717) is 16.7 Å². The molecule has 4 rings (SSSR count). The van der Waals surface area contributed by atoms with E-state index in [1.807, 2.05) is 80.6 Å². The summed E-state index contributed by atoms with van der Waals surface area (Å²) in [5, 5.41) is 0. The highest BCUT2D eigenvalue weighted by atomic mass is 32.2. The third-order valence-electron chi connectivity index (χ3n) is 6.75. The Bertz CT molecular complexity index is 1300. The van der Waals surface area contributed by atoms with Crippen molar-refractivity contribution in [2.24, 2.45) is 0 Å². The number of rotatable bonds is 7. The van der Waals surface area contributed by atoms with Gasteiger partial charge in [-0.05, 0) is 57.3 Å². The Hall–Kier alpha value is -1.91. The van der Waals surface area contributed by atoms with Crippen LogP contribution >= 0.6 is 23.5 Å². The van der Waals surface area contributed by atoms with Gasteiger partial charge in [0.05, 0.1) is 7.59 Å². The number of Topliss-reactive ketones (excluding diaryl/α,β-unsaturated/α-hetero) is 1. The molecule has 0 N–H and O–H groups in total. The minimum atomic E-state index is -1.98. The molecule has 0 amide bonds. The highest BCUT2D eigenvalue weighted by Gasteiger charge is 2.45. The second-order valence-corrected chi connectivity index (χ2v) is 28.9. The number of ketones is 2.